The zero-order chi connectivity index (χ0) is 21.7. The van der Waals surface area contributed by atoms with Crippen molar-refractivity contribution in [2.45, 2.75) is 22.1 Å². The quantitative estimate of drug-likeness (QED) is 0.315. The molecule has 1 N–H and O–H groups in total. The van der Waals surface area contributed by atoms with Crippen molar-refractivity contribution < 1.29 is 13.2 Å². The molecule has 160 valence electrons. The Kier molecular flexibility index (Phi) is 7.06. The highest BCUT2D eigenvalue weighted by Crippen LogP contribution is 2.31. The first-order valence-electron chi connectivity index (χ1n) is 9.62. The van der Waals surface area contributed by atoms with E-state index >= 15 is 0 Å². The molecule has 0 aliphatic carbocycles. The average Bonchev–Trinajstić information content (AvgIpc) is 3.42. The van der Waals surface area contributed by atoms with Crippen LogP contribution in [0.25, 0.3) is 10.2 Å². The molecule has 31 heavy (non-hydrogen) atoms. The van der Waals surface area contributed by atoms with Gasteiger partial charge in [0.05, 0.1) is 20.9 Å². The Morgan fingerprint density at radius 1 is 1.10 bits per heavy atom. The van der Waals surface area contributed by atoms with Crippen LogP contribution in [-0.4, -0.2) is 30.8 Å². The van der Waals surface area contributed by atoms with Gasteiger partial charge in [0.25, 0.3) is 0 Å². The van der Waals surface area contributed by atoms with Gasteiger partial charge in [-0.2, -0.15) is 11.3 Å². The number of aromatic nitrogens is 1. The van der Waals surface area contributed by atoms with Crippen molar-refractivity contribution in [1.82, 2.24) is 4.98 Å². The van der Waals surface area contributed by atoms with Gasteiger partial charge in [-0.1, -0.05) is 30.0 Å². The number of thiazole rings is 1. The van der Waals surface area contributed by atoms with Crippen LogP contribution in [0.3, 0.4) is 0 Å². The lowest BCUT2D eigenvalue weighted by Crippen LogP contribution is -2.17. The molecule has 0 aliphatic heterocycles. The molecule has 0 radical (unpaired) electrons. The molecule has 2 heterocycles. The SMILES string of the molecule is O=C(CCS(=O)(=O)c1ccccc1)Nc1ccc2nc(SCCc3ccsc3)sc2c1. The minimum Gasteiger partial charge on any atom is -0.326 e. The lowest BCUT2D eigenvalue weighted by atomic mass is 10.3. The molecule has 0 saturated heterocycles. The molecule has 5 nitrogen and oxygen atoms in total. The maximum Gasteiger partial charge on any atom is 0.225 e. The molecule has 0 aliphatic rings. The zero-order valence-electron chi connectivity index (χ0n) is 16.5. The molecule has 0 fully saturated rings. The lowest BCUT2D eigenvalue weighted by Gasteiger charge is -2.06. The van der Waals surface area contributed by atoms with E-state index in [4.69, 9.17) is 0 Å². The minimum absolute atomic E-state index is 0.0956. The number of nitrogens with one attached hydrogen (secondary N) is 1. The first kappa shape index (κ1) is 22.0. The number of hydrogen-bond acceptors (Lipinski definition) is 7. The molecule has 0 unspecified atom stereocenters. The molecule has 0 atom stereocenters. The van der Waals surface area contributed by atoms with Gasteiger partial charge in [-0.25, -0.2) is 13.4 Å². The van der Waals surface area contributed by atoms with Crippen LogP contribution >= 0.6 is 34.4 Å². The maximum absolute atomic E-state index is 12.3. The van der Waals surface area contributed by atoms with Crippen molar-refractivity contribution in [3.05, 3.63) is 70.9 Å². The molecule has 4 aromatic rings. The molecule has 1 amide bonds. The first-order chi connectivity index (χ1) is 15.0. The molecular formula is C22H20N2O3S4. The van der Waals surface area contributed by atoms with Gasteiger partial charge in [-0.05, 0) is 59.1 Å². The van der Waals surface area contributed by atoms with Crippen LogP contribution in [0.1, 0.15) is 12.0 Å². The van der Waals surface area contributed by atoms with Gasteiger partial charge < -0.3 is 5.32 Å². The summed E-state index contributed by atoms with van der Waals surface area (Å²) in [7, 11) is -3.48. The Morgan fingerprint density at radius 3 is 2.71 bits per heavy atom. The van der Waals surface area contributed by atoms with E-state index in [1.54, 1.807) is 70.8 Å². The smallest absolute Gasteiger partial charge is 0.225 e. The molecule has 0 spiro atoms. The Balaban J connectivity index is 1.33. The second-order valence-corrected chi connectivity index (χ2v) is 12.1. The number of carbonyl (C=O) groups excluding carboxylic acids is 1. The minimum atomic E-state index is -3.48. The zero-order valence-corrected chi connectivity index (χ0v) is 19.8. The van der Waals surface area contributed by atoms with Crippen LogP contribution in [0.2, 0.25) is 0 Å². The number of thioether (sulfide) groups is 1. The Bertz CT molecular complexity index is 1270. The summed E-state index contributed by atoms with van der Waals surface area (Å²) in [5, 5.41) is 7.05. The fourth-order valence-corrected chi connectivity index (χ4v) is 7.06. The van der Waals surface area contributed by atoms with Crippen molar-refractivity contribution in [3.8, 4) is 0 Å². The normalized spacial score (nSPS) is 11.6. The van der Waals surface area contributed by atoms with Crippen LogP contribution < -0.4 is 5.32 Å². The van der Waals surface area contributed by atoms with E-state index in [1.165, 1.54) is 5.56 Å². The Morgan fingerprint density at radius 2 is 1.94 bits per heavy atom. The second-order valence-electron chi connectivity index (χ2n) is 6.82. The van der Waals surface area contributed by atoms with Crippen molar-refractivity contribution in [1.29, 1.82) is 0 Å². The number of sulfone groups is 1. The van der Waals surface area contributed by atoms with Gasteiger partial charge in [0.2, 0.25) is 5.91 Å². The lowest BCUT2D eigenvalue weighted by molar-refractivity contribution is -0.115. The van der Waals surface area contributed by atoms with Crippen molar-refractivity contribution in [2.75, 3.05) is 16.8 Å². The van der Waals surface area contributed by atoms with E-state index in [2.05, 4.69) is 27.1 Å². The third kappa shape index (κ3) is 5.94. The van der Waals surface area contributed by atoms with Crippen LogP contribution in [0.4, 0.5) is 5.69 Å². The van der Waals surface area contributed by atoms with Crippen molar-refractivity contribution in [3.63, 3.8) is 0 Å². The van der Waals surface area contributed by atoms with Gasteiger partial charge in [0, 0.05) is 17.9 Å². The summed E-state index contributed by atoms with van der Waals surface area (Å²) in [5.41, 5.74) is 2.89. The van der Waals surface area contributed by atoms with Crippen LogP contribution in [0.5, 0.6) is 0 Å². The molecule has 2 aromatic heterocycles. The number of nitrogens with zero attached hydrogens (tertiary/aromatic N) is 1. The number of aryl methyl sites for hydroxylation is 1. The third-order valence-corrected chi connectivity index (χ3v) is 9.18. The van der Waals surface area contributed by atoms with Crippen LogP contribution in [-0.2, 0) is 21.1 Å². The number of anilines is 1. The first-order valence-corrected chi connectivity index (χ1v) is 14.0. The van der Waals surface area contributed by atoms with Gasteiger partial charge in [-0.3, -0.25) is 4.79 Å². The van der Waals surface area contributed by atoms with E-state index in [9.17, 15) is 13.2 Å². The Labute approximate surface area is 193 Å². The van der Waals surface area contributed by atoms with Gasteiger partial charge in [0.1, 0.15) is 0 Å². The second kappa shape index (κ2) is 9.95. The standard InChI is InChI=1S/C22H20N2O3S4/c25-21(10-13-31(26,27)18-4-2-1-3-5-18)23-17-6-7-19-20(14-17)30-22(24-19)29-12-9-16-8-11-28-15-16/h1-8,11,14-15H,9-10,12-13H2,(H,23,25). The molecule has 0 saturated carbocycles. The number of rotatable bonds is 9. The maximum atomic E-state index is 12.3. The topological polar surface area (TPSA) is 76.1 Å². The van der Waals surface area contributed by atoms with Crippen LogP contribution in [0.15, 0.2) is 74.6 Å². The number of thiophene rings is 1. The highest BCUT2D eigenvalue weighted by Gasteiger charge is 2.16. The van der Waals surface area contributed by atoms with Crippen LogP contribution in [0, 0.1) is 0 Å². The predicted molar refractivity (Wildman–Crippen MR) is 130 cm³/mol. The summed E-state index contributed by atoms with van der Waals surface area (Å²) in [5.74, 6) is 0.417. The van der Waals surface area contributed by atoms with E-state index < -0.39 is 9.84 Å². The van der Waals surface area contributed by atoms with Crippen molar-refractivity contribution in [2.24, 2.45) is 0 Å². The molecule has 4 rings (SSSR count). The summed E-state index contributed by atoms with van der Waals surface area (Å²) in [6, 6.07) is 15.9. The number of fused-ring (bicyclic) bond motifs is 1. The van der Waals surface area contributed by atoms with E-state index in [1.807, 2.05) is 12.1 Å². The highest BCUT2D eigenvalue weighted by molar-refractivity contribution is 8.01. The summed E-state index contributed by atoms with van der Waals surface area (Å²) in [6.07, 6.45) is 0.916. The average molecular weight is 489 g/mol. The highest BCUT2D eigenvalue weighted by atomic mass is 32.2. The third-order valence-electron chi connectivity index (χ3n) is 4.55. The van der Waals surface area contributed by atoms with E-state index in [-0.39, 0.29) is 23.0 Å². The number of benzene rings is 2. The van der Waals surface area contributed by atoms with E-state index in [0.29, 0.717) is 5.69 Å². The summed E-state index contributed by atoms with van der Waals surface area (Å²) in [4.78, 5) is 17.2. The number of amides is 1. The fourth-order valence-electron chi connectivity index (χ4n) is 2.93. The monoisotopic (exact) mass is 488 g/mol. The largest absolute Gasteiger partial charge is 0.326 e. The van der Waals surface area contributed by atoms with Gasteiger partial charge in [-0.15, -0.1) is 11.3 Å². The number of carbonyl (C=O) groups is 1. The molecular weight excluding hydrogens is 469 g/mol. The number of hydrogen-bond donors (Lipinski definition) is 1. The molecule has 0 bridgehead atoms. The van der Waals surface area contributed by atoms with E-state index in [0.717, 1.165) is 26.7 Å². The van der Waals surface area contributed by atoms with Gasteiger partial charge >= 0.3 is 0 Å². The predicted octanol–water partition coefficient (Wildman–Crippen LogP) is 5.50. The summed E-state index contributed by atoms with van der Waals surface area (Å²) in [6.45, 7) is 0. The molecule has 2 aromatic carbocycles. The van der Waals surface area contributed by atoms with Crippen molar-refractivity contribution >= 4 is 66.1 Å². The summed E-state index contributed by atoms with van der Waals surface area (Å²) >= 11 is 5.04. The fraction of sp³-hybridized carbons (Fsp3) is 0.182. The Hall–Kier alpha value is -2.20. The summed E-state index contributed by atoms with van der Waals surface area (Å²) < 4.78 is 26.7. The van der Waals surface area contributed by atoms with Gasteiger partial charge in [0.15, 0.2) is 14.2 Å². The molecule has 9 heteroatoms.